The summed E-state index contributed by atoms with van der Waals surface area (Å²) in [5.41, 5.74) is 0.945. The molecule has 21 heavy (non-hydrogen) atoms. The Morgan fingerprint density at radius 1 is 1.38 bits per heavy atom. The molecule has 1 atom stereocenters. The van der Waals surface area contributed by atoms with Gasteiger partial charge in [-0.05, 0) is 32.2 Å². The van der Waals surface area contributed by atoms with Crippen LogP contribution in [0.5, 0.6) is 0 Å². The molecule has 1 unspecified atom stereocenters. The first-order valence-corrected chi connectivity index (χ1v) is 8.56. The van der Waals surface area contributed by atoms with Gasteiger partial charge in [0.2, 0.25) is 0 Å². The lowest BCUT2D eigenvalue weighted by Crippen LogP contribution is -2.45. The van der Waals surface area contributed by atoms with E-state index in [9.17, 15) is 0 Å². The molecule has 1 aromatic heterocycles. The number of ether oxygens (including phenoxy) is 1. The molecule has 0 saturated heterocycles. The van der Waals surface area contributed by atoms with Crippen LogP contribution in [0.3, 0.4) is 0 Å². The van der Waals surface area contributed by atoms with E-state index in [1.807, 2.05) is 7.11 Å². The second-order valence-corrected chi connectivity index (χ2v) is 6.37. The van der Waals surface area contributed by atoms with Crippen LogP contribution in [0.25, 0.3) is 0 Å². The van der Waals surface area contributed by atoms with Crippen LogP contribution in [0.4, 0.5) is 0 Å². The summed E-state index contributed by atoms with van der Waals surface area (Å²) in [5.74, 6) is 0. The fourth-order valence-corrected chi connectivity index (χ4v) is 3.70. The Morgan fingerprint density at radius 3 is 2.67 bits per heavy atom. The molecular weight excluding hydrogens is 286 g/mol. The van der Waals surface area contributed by atoms with E-state index in [0.717, 1.165) is 49.5 Å². The Kier molecular flexibility index (Phi) is 6.08. The fraction of sp³-hybridized carbons (Fsp3) is 0.812. The number of nitrogens with one attached hydrogen (secondary N) is 1. The molecule has 1 aliphatic carbocycles. The van der Waals surface area contributed by atoms with E-state index < -0.39 is 0 Å². The summed E-state index contributed by atoms with van der Waals surface area (Å²) < 4.78 is 8.06. The van der Waals surface area contributed by atoms with Gasteiger partial charge in [-0.1, -0.05) is 38.3 Å². The van der Waals surface area contributed by atoms with E-state index >= 15 is 0 Å². The summed E-state index contributed by atoms with van der Waals surface area (Å²) in [6.07, 6.45) is 8.51. The van der Waals surface area contributed by atoms with Crippen LogP contribution >= 0.6 is 11.6 Å². The average Bonchev–Trinajstić information content (AvgIpc) is 3.10. The van der Waals surface area contributed by atoms with Gasteiger partial charge in [0, 0.05) is 13.7 Å². The quantitative estimate of drug-likeness (QED) is 0.790. The Bertz CT molecular complexity index is 441. The smallest absolute Gasteiger partial charge is 0.0888 e. The molecule has 1 saturated carbocycles. The van der Waals surface area contributed by atoms with Crippen molar-refractivity contribution in [1.82, 2.24) is 15.1 Å². The van der Waals surface area contributed by atoms with Crippen molar-refractivity contribution >= 4 is 11.6 Å². The molecule has 0 radical (unpaired) electrons. The number of rotatable bonds is 8. The van der Waals surface area contributed by atoms with E-state index in [1.54, 1.807) is 6.20 Å². The standard InChI is InChI=1S/C16H28ClN3O/c1-4-10-18-15(16(21-3)8-6-7-9-16)14-13(17)12-19-20(14)11-5-2/h12,15,18H,4-11H2,1-3H3. The van der Waals surface area contributed by atoms with Crippen molar-refractivity contribution in [1.29, 1.82) is 0 Å². The third-order valence-electron chi connectivity index (χ3n) is 4.52. The van der Waals surface area contributed by atoms with Gasteiger partial charge in [-0.2, -0.15) is 5.10 Å². The number of nitrogens with zero attached hydrogens (tertiary/aromatic N) is 2. The first-order valence-electron chi connectivity index (χ1n) is 8.18. The maximum atomic E-state index is 6.47. The Hall–Kier alpha value is -0.580. The van der Waals surface area contributed by atoms with E-state index in [4.69, 9.17) is 16.3 Å². The molecule has 1 aromatic rings. The molecule has 1 fully saturated rings. The summed E-state index contributed by atoms with van der Waals surface area (Å²) in [5, 5.41) is 8.89. The van der Waals surface area contributed by atoms with Crippen LogP contribution in [0.1, 0.15) is 64.1 Å². The molecule has 1 heterocycles. The second kappa shape index (κ2) is 7.61. The minimum Gasteiger partial charge on any atom is -0.376 e. The fourth-order valence-electron chi connectivity index (χ4n) is 3.45. The first kappa shape index (κ1) is 16.8. The van der Waals surface area contributed by atoms with Crippen LogP contribution in [-0.2, 0) is 11.3 Å². The van der Waals surface area contributed by atoms with E-state index in [0.29, 0.717) is 0 Å². The topological polar surface area (TPSA) is 39.1 Å². The highest BCUT2D eigenvalue weighted by molar-refractivity contribution is 6.31. The molecule has 5 heteroatoms. The average molecular weight is 314 g/mol. The Balaban J connectivity index is 2.37. The normalized spacial score (nSPS) is 19.0. The maximum Gasteiger partial charge on any atom is 0.0888 e. The molecule has 0 spiro atoms. The van der Waals surface area contributed by atoms with Gasteiger partial charge in [0.1, 0.15) is 0 Å². The van der Waals surface area contributed by atoms with Gasteiger partial charge < -0.3 is 10.1 Å². The van der Waals surface area contributed by atoms with Gasteiger partial charge in [0.15, 0.2) is 0 Å². The highest BCUT2D eigenvalue weighted by Crippen LogP contribution is 2.44. The van der Waals surface area contributed by atoms with Gasteiger partial charge in [-0.15, -0.1) is 0 Å². The van der Waals surface area contributed by atoms with Crippen molar-refractivity contribution in [2.45, 2.75) is 70.6 Å². The van der Waals surface area contributed by atoms with Gasteiger partial charge in [0.05, 0.1) is 28.6 Å². The summed E-state index contributed by atoms with van der Waals surface area (Å²) >= 11 is 6.47. The van der Waals surface area contributed by atoms with Gasteiger partial charge in [-0.3, -0.25) is 4.68 Å². The summed E-state index contributed by atoms with van der Waals surface area (Å²) in [6, 6.07) is 0.117. The van der Waals surface area contributed by atoms with Crippen LogP contribution in [0.15, 0.2) is 6.20 Å². The number of hydrogen-bond donors (Lipinski definition) is 1. The van der Waals surface area contributed by atoms with E-state index in [-0.39, 0.29) is 11.6 Å². The van der Waals surface area contributed by atoms with Crippen molar-refractivity contribution in [2.75, 3.05) is 13.7 Å². The molecular formula is C16H28ClN3O. The SMILES string of the molecule is CCCNC(c1c(Cl)cnn1CCC)C1(OC)CCCC1. The van der Waals surface area contributed by atoms with Crippen molar-refractivity contribution in [3.63, 3.8) is 0 Å². The number of hydrogen-bond acceptors (Lipinski definition) is 3. The number of halogens is 1. The highest BCUT2D eigenvalue weighted by atomic mass is 35.5. The summed E-state index contributed by atoms with van der Waals surface area (Å²) in [7, 11) is 1.83. The van der Waals surface area contributed by atoms with Gasteiger partial charge >= 0.3 is 0 Å². The van der Waals surface area contributed by atoms with Gasteiger partial charge in [-0.25, -0.2) is 0 Å². The second-order valence-electron chi connectivity index (χ2n) is 5.96. The molecule has 1 N–H and O–H groups in total. The predicted molar refractivity (Wildman–Crippen MR) is 86.8 cm³/mol. The largest absolute Gasteiger partial charge is 0.376 e. The zero-order valence-electron chi connectivity index (χ0n) is 13.5. The van der Waals surface area contributed by atoms with E-state index in [1.165, 1.54) is 12.8 Å². The van der Waals surface area contributed by atoms with Crippen molar-refractivity contribution in [3.8, 4) is 0 Å². The predicted octanol–water partition coefficient (Wildman–Crippen LogP) is 3.95. The zero-order valence-corrected chi connectivity index (χ0v) is 14.2. The van der Waals surface area contributed by atoms with Crippen LogP contribution in [0.2, 0.25) is 5.02 Å². The van der Waals surface area contributed by atoms with Crippen LogP contribution < -0.4 is 5.32 Å². The minimum atomic E-state index is -0.148. The number of aromatic nitrogens is 2. The van der Waals surface area contributed by atoms with Crippen molar-refractivity contribution in [2.24, 2.45) is 0 Å². The molecule has 120 valence electrons. The van der Waals surface area contributed by atoms with Gasteiger partial charge in [0.25, 0.3) is 0 Å². The molecule has 0 bridgehead atoms. The summed E-state index contributed by atoms with van der Waals surface area (Å²) in [6.45, 7) is 6.20. The lowest BCUT2D eigenvalue weighted by atomic mass is 9.89. The van der Waals surface area contributed by atoms with Crippen LogP contribution in [0, 0.1) is 0 Å². The lowest BCUT2D eigenvalue weighted by Gasteiger charge is -2.37. The molecule has 4 nitrogen and oxygen atoms in total. The number of methoxy groups -OCH3 is 1. The van der Waals surface area contributed by atoms with E-state index in [2.05, 4.69) is 28.9 Å². The summed E-state index contributed by atoms with van der Waals surface area (Å²) in [4.78, 5) is 0. The molecule has 0 amide bonds. The highest BCUT2D eigenvalue weighted by Gasteiger charge is 2.44. The molecule has 2 rings (SSSR count). The third kappa shape index (κ3) is 3.43. The molecule has 0 aromatic carbocycles. The molecule has 0 aliphatic heterocycles. The van der Waals surface area contributed by atoms with Crippen LogP contribution in [-0.4, -0.2) is 29.0 Å². The lowest BCUT2D eigenvalue weighted by molar-refractivity contribution is -0.0389. The monoisotopic (exact) mass is 313 g/mol. The Labute approximate surface area is 133 Å². The zero-order chi connectivity index (χ0) is 15.3. The Morgan fingerprint density at radius 2 is 2.10 bits per heavy atom. The molecule has 1 aliphatic rings. The van der Waals surface area contributed by atoms with Crippen molar-refractivity contribution < 1.29 is 4.74 Å². The number of aryl methyl sites for hydroxylation is 1. The minimum absolute atomic E-state index is 0.117. The maximum absolute atomic E-state index is 6.47. The first-order chi connectivity index (χ1) is 10.2. The third-order valence-corrected chi connectivity index (χ3v) is 4.81. The van der Waals surface area contributed by atoms with Crippen molar-refractivity contribution in [3.05, 3.63) is 16.9 Å².